The maximum absolute atomic E-state index is 11.4. The molecule has 0 aliphatic carbocycles. The summed E-state index contributed by atoms with van der Waals surface area (Å²) >= 11 is 0. The molecule has 0 heterocycles. The molecule has 0 fully saturated rings. The molecule has 0 amide bonds. The minimum Gasteiger partial charge on any atom is -0.469 e. The fourth-order valence-corrected chi connectivity index (χ4v) is 2.38. The smallest absolute Gasteiger partial charge is 0.309 e. The van der Waals surface area contributed by atoms with Gasteiger partial charge in [0.25, 0.3) is 0 Å². The summed E-state index contributed by atoms with van der Waals surface area (Å²) in [5, 5.41) is 3.47. The van der Waals surface area contributed by atoms with Crippen LogP contribution in [0.15, 0.2) is 24.3 Å². The van der Waals surface area contributed by atoms with Crippen molar-refractivity contribution in [1.82, 2.24) is 5.32 Å². The normalized spacial score (nSPS) is 10.6. The van der Waals surface area contributed by atoms with Gasteiger partial charge in [-0.1, -0.05) is 63.3 Å². The van der Waals surface area contributed by atoms with Crippen LogP contribution in [0.2, 0.25) is 0 Å². The molecule has 118 valence electrons. The maximum Gasteiger partial charge on any atom is 0.309 e. The lowest BCUT2D eigenvalue weighted by Gasteiger charge is -2.10. The van der Waals surface area contributed by atoms with Crippen molar-refractivity contribution in [2.24, 2.45) is 0 Å². The molecule has 1 aromatic rings. The molecular formula is C18H29NO2. The highest BCUT2D eigenvalue weighted by atomic mass is 16.5. The fourth-order valence-electron chi connectivity index (χ4n) is 2.38. The SMILES string of the molecule is CCCCCCCCNCc1ccccc1CC(=O)OC. The Morgan fingerprint density at radius 2 is 1.71 bits per heavy atom. The average Bonchev–Trinajstić information content (AvgIpc) is 2.51. The first-order valence-corrected chi connectivity index (χ1v) is 8.12. The number of hydrogen-bond donors (Lipinski definition) is 1. The Hall–Kier alpha value is -1.35. The van der Waals surface area contributed by atoms with E-state index in [-0.39, 0.29) is 5.97 Å². The zero-order chi connectivity index (χ0) is 15.3. The van der Waals surface area contributed by atoms with Crippen molar-refractivity contribution in [2.45, 2.75) is 58.4 Å². The van der Waals surface area contributed by atoms with Crippen molar-refractivity contribution in [3.63, 3.8) is 0 Å². The highest BCUT2D eigenvalue weighted by molar-refractivity contribution is 5.72. The topological polar surface area (TPSA) is 38.3 Å². The van der Waals surface area contributed by atoms with Crippen LogP contribution in [0.25, 0.3) is 0 Å². The first-order chi connectivity index (χ1) is 10.3. The summed E-state index contributed by atoms with van der Waals surface area (Å²) in [5.74, 6) is -0.182. The number of methoxy groups -OCH3 is 1. The van der Waals surface area contributed by atoms with E-state index >= 15 is 0 Å². The van der Waals surface area contributed by atoms with E-state index in [0.717, 1.165) is 18.7 Å². The van der Waals surface area contributed by atoms with E-state index < -0.39 is 0 Å². The summed E-state index contributed by atoms with van der Waals surface area (Å²) < 4.78 is 4.74. The van der Waals surface area contributed by atoms with Crippen molar-refractivity contribution in [3.05, 3.63) is 35.4 Å². The molecule has 0 aliphatic rings. The summed E-state index contributed by atoms with van der Waals surface area (Å²) in [6.07, 6.45) is 8.24. The molecule has 0 radical (unpaired) electrons. The molecule has 1 N–H and O–H groups in total. The van der Waals surface area contributed by atoms with Gasteiger partial charge in [0, 0.05) is 6.54 Å². The first kappa shape index (κ1) is 17.7. The van der Waals surface area contributed by atoms with Gasteiger partial charge in [0.05, 0.1) is 13.5 Å². The minimum atomic E-state index is -0.182. The molecule has 0 atom stereocenters. The van der Waals surface area contributed by atoms with E-state index in [1.807, 2.05) is 18.2 Å². The van der Waals surface area contributed by atoms with E-state index in [1.165, 1.54) is 51.2 Å². The third-order valence-corrected chi connectivity index (χ3v) is 3.70. The van der Waals surface area contributed by atoms with Crippen LogP contribution in [-0.4, -0.2) is 19.6 Å². The molecule has 21 heavy (non-hydrogen) atoms. The molecule has 3 heteroatoms. The number of carbonyl (C=O) groups excluding carboxylic acids is 1. The van der Waals surface area contributed by atoms with Crippen LogP contribution in [0.3, 0.4) is 0 Å². The molecule has 0 saturated carbocycles. The Bertz CT molecular complexity index is 404. The molecule has 0 aromatic heterocycles. The number of ether oxygens (including phenoxy) is 1. The van der Waals surface area contributed by atoms with Crippen molar-refractivity contribution < 1.29 is 9.53 Å². The van der Waals surface area contributed by atoms with Gasteiger partial charge in [-0.3, -0.25) is 4.79 Å². The zero-order valence-corrected chi connectivity index (χ0v) is 13.5. The van der Waals surface area contributed by atoms with Gasteiger partial charge in [0.2, 0.25) is 0 Å². The molecule has 1 aromatic carbocycles. The van der Waals surface area contributed by atoms with Crippen LogP contribution in [0, 0.1) is 0 Å². The number of hydrogen-bond acceptors (Lipinski definition) is 3. The summed E-state index contributed by atoms with van der Waals surface area (Å²) in [6.45, 7) is 4.11. The fraction of sp³-hybridized carbons (Fsp3) is 0.611. The Morgan fingerprint density at radius 1 is 1.05 bits per heavy atom. The summed E-state index contributed by atoms with van der Waals surface area (Å²) in [7, 11) is 1.43. The lowest BCUT2D eigenvalue weighted by atomic mass is 10.0. The van der Waals surface area contributed by atoms with Gasteiger partial charge in [-0.05, 0) is 24.1 Å². The van der Waals surface area contributed by atoms with Crippen LogP contribution in [0.4, 0.5) is 0 Å². The molecular weight excluding hydrogens is 262 g/mol. The molecule has 3 nitrogen and oxygen atoms in total. The Balaban J connectivity index is 2.24. The molecule has 1 rings (SSSR count). The van der Waals surface area contributed by atoms with Gasteiger partial charge >= 0.3 is 5.97 Å². The second kappa shape index (κ2) is 11.3. The van der Waals surface area contributed by atoms with Crippen molar-refractivity contribution in [2.75, 3.05) is 13.7 Å². The quantitative estimate of drug-likeness (QED) is 0.497. The number of nitrogens with one attached hydrogen (secondary N) is 1. The van der Waals surface area contributed by atoms with Crippen molar-refractivity contribution in [3.8, 4) is 0 Å². The lowest BCUT2D eigenvalue weighted by molar-refractivity contribution is -0.139. The van der Waals surface area contributed by atoms with Crippen LogP contribution >= 0.6 is 0 Å². The molecule has 0 saturated heterocycles. The highest BCUT2D eigenvalue weighted by Crippen LogP contribution is 2.10. The van der Waals surface area contributed by atoms with Gasteiger partial charge < -0.3 is 10.1 Å². The molecule has 0 unspecified atom stereocenters. The number of rotatable bonds is 11. The molecule has 0 bridgehead atoms. The molecule has 0 spiro atoms. The van der Waals surface area contributed by atoms with Crippen molar-refractivity contribution in [1.29, 1.82) is 0 Å². The average molecular weight is 291 g/mol. The first-order valence-electron chi connectivity index (χ1n) is 8.12. The lowest BCUT2D eigenvalue weighted by Crippen LogP contribution is -2.17. The van der Waals surface area contributed by atoms with Gasteiger partial charge in [-0.15, -0.1) is 0 Å². The highest BCUT2D eigenvalue weighted by Gasteiger charge is 2.07. The predicted octanol–water partition coefficient (Wildman–Crippen LogP) is 3.85. The number of carbonyl (C=O) groups is 1. The van der Waals surface area contributed by atoms with E-state index in [4.69, 9.17) is 4.74 Å². The van der Waals surface area contributed by atoms with Crippen LogP contribution in [-0.2, 0) is 22.5 Å². The Morgan fingerprint density at radius 3 is 2.43 bits per heavy atom. The minimum absolute atomic E-state index is 0.182. The monoisotopic (exact) mass is 291 g/mol. The van der Waals surface area contributed by atoms with E-state index in [2.05, 4.69) is 18.3 Å². The number of esters is 1. The summed E-state index contributed by atoms with van der Waals surface area (Å²) in [5.41, 5.74) is 2.24. The van der Waals surface area contributed by atoms with Gasteiger partial charge in [0.15, 0.2) is 0 Å². The Labute approximate surface area is 129 Å². The molecule has 0 aliphatic heterocycles. The number of unbranched alkanes of at least 4 members (excludes halogenated alkanes) is 5. The van der Waals surface area contributed by atoms with E-state index in [0.29, 0.717) is 6.42 Å². The van der Waals surface area contributed by atoms with Crippen molar-refractivity contribution >= 4 is 5.97 Å². The maximum atomic E-state index is 11.4. The van der Waals surface area contributed by atoms with Crippen LogP contribution in [0.1, 0.15) is 56.6 Å². The Kier molecular flexibility index (Phi) is 9.55. The van der Waals surface area contributed by atoms with Gasteiger partial charge in [-0.25, -0.2) is 0 Å². The summed E-state index contributed by atoms with van der Waals surface area (Å²) in [6, 6.07) is 8.06. The standard InChI is InChI=1S/C18H29NO2/c1-3-4-5-6-7-10-13-19-15-17-12-9-8-11-16(17)14-18(20)21-2/h8-9,11-12,19H,3-7,10,13-15H2,1-2H3. The summed E-state index contributed by atoms with van der Waals surface area (Å²) in [4.78, 5) is 11.4. The second-order valence-electron chi connectivity index (χ2n) is 5.47. The third-order valence-electron chi connectivity index (χ3n) is 3.70. The largest absolute Gasteiger partial charge is 0.469 e. The second-order valence-corrected chi connectivity index (χ2v) is 5.47. The predicted molar refractivity (Wildman–Crippen MR) is 87.2 cm³/mol. The van der Waals surface area contributed by atoms with Crippen LogP contribution < -0.4 is 5.32 Å². The number of benzene rings is 1. The van der Waals surface area contributed by atoms with Gasteiger partial charge in [0.1, 0.15) is 0 Å². The third kappa shape index (κ3) is 7.86. The van der Waals surface area contributed by atoms with E-state index in [1.54, 1.807) is 0 Å². The zero-order valence-electron chi connectivity index (χ0n) is 13.5. The van der Waals surface area contributed by atoms with Gasteiger partial charge in [-0.2, -0.15) is 0 Å². The van der Waals surface area contributed by atoms with Crippen LogP contribution in [0.5, 0.6) is 0 Å². The van der Waals surface area contributed by atoms with E-state index in [9.17, 15) is 4.79 Å².